The van der Waals surface area contributed by atoms with Gasteiger partial charge in [0.15, 0.2) is 11.5 Å². The number of aryl methyl sites for hydroxylation is 1. The maximum Gasteiger partial charge on any atom is 0.249 e. The lowest BCUT2D eigenvalue weighted by molar-refractivity contribution is -0.119. The number of benzene rings is 1. The number of hydrogen-bond donors (Lipinski definition) is 1. The lowest BCUT2D eigenvalue weighted by atomic mass is 10.2. The van der Waals surface area contributed by atoms with E-state index in [0.29, 0.717) is 36.1 Å². The molecule has 1 aromatic carbocycles. The first kappa shape index (κ1) is 20.0. The summed E-state index contributed by atoms with van der Waals surface area (Å²) in [5.74, 6) is 1.74. The Balaban J connectivity index is 1.63. The van der Waals surface area contributed by atoms with Gasteiger partial charge in [-0.25, -0.2) is 14.2 Å². The van der Waals surface area contributed by atoms with Crippen LogP contribution in [-0.2, 0) is 26.6 Å². The van der Waals surface area contributed by atoms with Gasteiger partial charge in [-0.1, -0.05) is 6.07 Å². The fourth-order valence-corrected chi connectivity index (χ4v) is 3.21. The fraction of sp³-hybridized carbons (Fsp3) is 0.389. The topological polar surface area (TPSA) is 103 Å². The van der Waals surface area contributed by atoms with Crippen LogP contribution >= 0.6 is 0 Å². The van der Waals surface area contributed by atoms with Crippen LogP contribution in [0, 0.1) is 6.92 Å². The summed E-state index contributed by atoms with van der Waals surface area (Å²) in [5.41, 5.74) is 1.56. The molecule has 28 heavy (non-hydrogen) atoms. The first-order valence-corrected chi connectivity index (χ1v) is 9.79. The zero-order valence-corrected chi connectivity index (χ0v) is 16.7. The zero-order valence-electron chi connectivity index (χ0n) is 15.9. The normalized spacial score (nSPS) is 13.2. The van der Waals surface area contributed by atoms with Gasteiger partial charge in [-0.15, -0.1) is 0 Å². The second-order valence-electron chi connectivity index (χ2n) is 6.03. The number of carbonyl (C=O) groups is 1. The molecule has 1 aromatic heterocycles. The van der Waals surface area contributed by atoms with Crippen LogP contribution in [-0.4, -0.2) is 47.1 Å². The molecule has 0 saturated carbocycles. The van der Waals surface area contributed by atoms with E-state index in [1.165, 1.54) is 7.11 Å². The van der Waals surface area contributed by atoms with Crippen molar-refractivity contribution in [2.24, 2.45) is 0 Å². The van der Waals surface area contributed by atoms with Gasteiger partial charge in [0.1, 0.15) is 5.82 Å². The van der Waals surface area contributed by atoms with Crippen LogP contribution in [0.2, 0.25) is 0 Å². The van der Waals surface area contributed by atoms with Crippen molar-refractivity contribution < 1.29 is 22.7 Å². The fourth-order valence-electron chi connectivity index (χ4n) is 2.67. The Hall–Kier alpha value is -2.72. The van der Waals surface area contributed by atoms with Crippen LogP contribution in [0.4, 0.5) is 5.82 Å². The molecule has 1 atom stereocenters. The first-order chi connectivity index (χ1) is 13.5. The molecule has 1 amide bonds. The summed E-state index contributed by atoms with van der Waals surface area (Å²) in [7, 11) is 1.32. The molecule has 0 bridgehead atoms. The smallest absolute Gasteiger partial charge is 0.249 e. The second-order valence-corrected chi connectivity index (χ2v) is 7.20. The number of rotatable bonds is 8. The molecule has 9 nitrogen and oxygen atoms in total. The number of ether oxygens (including phenoxy) is 2. The molecule has 1 aliphatic rings. The molecular weight excluding hydrogens is 384 g/mol. The summed E-state index contributed by atoms with van der Waals surface area (Å²) in [5, 5.41) is 2.96. The molecule has 150 valence electrons. The third-order valence-electron chi connectivity index (χ3n) is 4.09. The molecular formula is C18H22N4O5S. The van der Waals surface area contributed by atoms with Crippen LogP contribution in [0.15, 0.2) is 29.4 Å². The van der Waals surface area contributed by atoms with E-state index >= 15 is 0 Å². The van der Waals surface area contributed by atoms with Crippen LogP contribution in [0.1, 0.15) is 18.2 Å². The average Bonchev–Trinajstić information content (AvgIpc) is 3.17. The van der Waals surface area contributed by atoms with E-state index in [4.69, 9.17) is 13.7 Å². The minimum Gasteiger partial charge on any atom is -0.454 e. The Morgan fingerprint density at radius 1 is 1.29 bits per heavy atom. The minimum absolute atomic E-state index is 0.0803. The summed E-state index contributed by atoms with van der Waals surface area (Å²) in [4.78, 5) is 22.6. The Labute approximate surface area is 165 Å². The predicted molar refractivity (Wildman–Crippen MR) is 102 cm³/mol. The van der Waals surface area contributed by atoms with E-state index < -0.39 is 11.1 Å². The van der Waals surface area contributed by atoms with Gasteiger partial charge >= 0.3 is 0 Å². The van der Waals surface area contributed by atoms with E-state index in [1.807, 2.05) is 25.1 Å². The van der Waals surface area contributed by atoms with Crippen molar-refractivity contribution in [1.82, 2.24) is 15.3 Å². The van der Waals surface area contributed by atoms with E-state index in [1.54, 1.807) is 17.9 Å². The predicted octanol–water partition coefficient (Wildman–Crippen LogP) is 1.33. The summed E-state index contributed by atoms with van der Waals surface area (Å²) >= 11 is -1.74. The van der Waals surface area contributed by atoms with Crippen molar-refractivity contribution in [3.05, 3.63) is 35.5 Å². The quantitative estimate of drug-likeness (QED) is 0.655. The van der Waals surface area contributed by atoms with Gasteiger partial charge in [-0.2, -0.15) is 0 Å². The summed E-state index contributed by atoms with van der Waals surface area (Å²) in [6, 6.07) is 7.29. The molecule has 0 fully saturated rings. The van der Waals surface area contributed by atoms with Crippen molar-refractivity contribution in [1.29, 1.82) is 0 Å². The largest absolute Gasteiger partial charge is 0.454 e. The van der Waals surface area contributed by atoms with Crippen LogP contribution in [0.3, 0.4) is 0 Å². The van der Waals surface area contributed by atoms with Crippen LogP contribution in [0.5, 0.6) is 11.5 Å². The molecule has 3 rings (SSSR count). The molecule has 10 heteroatoms. The van der Waals surface area contributed by atoms with E-state index in [0.717, 1.165) is 5.56 Å². The van der Waals surface area contributed by atoms with Crippen LogP contribution in [0.25, 0.3) is 0 Å². The molecule has 1 N–H and O–H groups in total. The van der Waals surface area contributed by atoms with Gasteiger partial charge < -0.3 is 19.7 Å². The third kappa shape index (κ3) is 4.76. The van der Waals surface area contributed by atoms with Crippen molar-refractivity contribution >= 4 is 22.8 Å². The Morgan fingerprint density at radius 3 is 2.82 bits per heavy atom. The van der Waals surface area contributed by atoms with E-state index in [-0.39, 0.29) is 24.4 Å². The maximum atomic E-state index is 12.4. The number of hydrogen-bond acceptors (Lipinski definition) is 8. The molecule has 0 spiro atoms. The minimum atomic E-state index is -1.74. The molecule has 0 saturated heterocycles. The highest BCUT2D eigenvalue weighted by Gasteiger charge is 2.17. The van der Waals surface area contributed by atoms with Crippen LogP contribution < -0.4 is 19.7 Å². The SMILES string of the molecule is CCN(CC(=O)NCc1ccc2c(c1)OCO2)c1cc(C)nc(S(=O)OC)n1. The van der Waals surface area contributed by atoms with Crippen molar-refractivity contribution in [3.8, 4) is 11.5 Å². The number of nitrogens with zero attached hydrogens (tertiary/aromatic N) is 3. The van der Waals surface area contributed by atoms with Gasteiger partial charge in [0.25, 0.3) is 0 Å². The number of carbonyl (C=O) groups excluding carboxylic acids is 1. The van der Waals surface area contributed by atoms with Crippen molar-refractivity contribution in [3.63, 3.8) is 0 Å². The van der Waals surface area contributed by atoms with E-state index in [2.05, 4.69) is 15.3 Å². The summed E-state index contributed by atoms with van der Waals surface area (Å²) < 4.78 is 27.3. The number of fused-ring (bicyclic) bond motifs is 1. The second kappa shape index (κ2) is 8.98. The maximum absolute atomic E-state index is 12.4. The number of likely N-dealkylation sites (N-methyl/N-ethyl adjacent to an activating group) is 1. The molecule has 0 aliphatic carbocycles. The molecule has 0 radical (unpaired) electrons. The van der Waals surface area contributed by atoms with Crippen molar-refractivity contribution in [2.45, 2.75) is 25.5 Å². The number of amides is 1. The molecule has 1 aliphatic heterocycles. The molecule has 2 heterocycles. The highest BCUT2D eigenvalue weighted by molar-refractivity contribution is 7.80. The highest BCUT2D eigenvalue weighted by Crippen LogP contribution is 2.32. The summed E-state index contributed by atoms with van der Waals surface area (Å²) in [6.45, 7) is 4.92. The average molecular weight is 406 g/mol. The Morgan fingerprint density at radius 2 is 2.07 bits per heavy atom. The number of aromatic nitrogens is 2. The van der Waals surface area contributed by atoms with E-state index in [9.17, 15) is 9.00 Å². The van der Waals surface area contributed by atoms with Gasteiger partial charge in [0, 0.05) is 24.8 Å². The Kier molecular flexibility index (Phi) is 6.42. The molecule has 1 unspecified atom stereocenters. The van der Waals surface area contributed by atoms with Crippen molar-refractivity contribution in [2.75, 3.05) is 31.9 Å². The standard InChI is InChI=1S/C18H22N4O5S/c1-4-22(16-7-12(2)20-18(21-16)28(24)25-3)10-17(23)19-9-13-5-6-14-15(8-13)27-11-26-14/h5-8H,4,9-11H2,1-3H3,(H,19,23). The number of nitrogens with one attached hydrogen (secondary N) is 1. The van der Waals surface area contributed by atoms with Gasteiger partial charge in [0.2, 0.25) is 28.9 Å². The lowest BCUT2D eigenvalue weighted by Crippen LogP contribution is -2.37. The van der Waals surface area contributed by atoms with Gasteiger partial charge in [0.05, 0.1) is 13.7 Å². The summed E-state index contributed by atoms with van der Waals surface area (Å²) in [6.07, 6.45) is 0. The molecule has 2 aromatic rings. The van der Waals surface area contributed by atoms with Gasteiger partial charge in [-0.05, 0) is 31.5 Å². The highest BCUT2D eigenvalue weighted by atomic mass is 32.2. The zero-order chi connectivity index (χ0) is 20.1. The van der Waals surface area contributed by atoms with Gasteiger partial charge in [-0.3, -0.25) is 8.98 Å². The monoisotopic (exact) mass is 406 g/mol. The third-order valence-corrected chi connectivity index (χ3v) is 4.87. The lowest BCUT2D eigenvalue weighted by Gasteiger charge is -2.22. The number of anilines is 1. The Bertz CT molecular complexity index is 892. The first-order valence-electron chi connectivity index (χ1n) is 8.72.